The number of anilines is 6. The average Bonchev–Trinajstić information content (AvgIpc) is 2.76. The van der Waals surface area contributed by atoms with E-state index in [0.717, 1.165) is 11.4 Å². The fourth-order valence-electron chi connectivity index (χ4n) is 3.12. The number of halogens is 1. The zero-order valence-electron chi connectivity index (χ0n) is 18.2. The van der Waals surface area contributed by atoms with E-state index >= 15 is 0 Å². The number of urea groups is 1. The lowest BCUT2D eigenvalue weighted by atomic mass is 10.2. The zero-order valence-corrected chi connectivity index (χ0v) is 18.9. The Labute approximate surface area is 197 Å². The van der Waals surface area contributed by atoms with Crippen molar-refractivity contribution >= 4 is 52.0 Å². The quantitative estimate of drug-likeness (QED) is 0.253. The summed E-state index contributed by atoms with van der Waals surface area (Å²) in [5.74, 6) is 2.01. The van der Waals surface area contributed by atoms with Gasteiger partial charge in [0.25, 0.3) is 0 Å². The minimum atomic E-state index is -0.351. The van der Waals surface area contributed by atoms with Crippen molar-refractivity contribution in [2.24, 2.45) is 0 Å². The van der Waals surface area contributed by atoms with Crippen LogP contribution in [-0.2, 0) is 0 Å². The highest BCUT2D eigenvalue weighted by Gasteiger charge is 2.06. The highest BCUT2D eigenvalue weighted by Crippen LogP contribution is 2.22. The van der Waals surface area contributed by atoms with Gasteiger partial charge in [0.1, 0.15) is 17.5 Å². The molecule has 7 nitrogen and oxygen atoms in total. The summed E-state index contributed by atoms with van der Waals surface area (Å²) in [7, 11) is 0. The number of benzene rings is 3. The number of nitrogens with zero attached hydrogens (tertiary/aromatic N) is 2. The summed E-state index contributed by atoms with van der Waals surface area (Å²) in [4.78, 5) is 21.1. The van der Waals surface area contributed by atoms with Gasteiger partial charge < -0.3 is 21.3 Å². The molecule has 0 spiro atoms. The number of hydrogen-bond donors (Lipinski definition) is 4. The first-order valence-electron chi connectivity index (χ1n) is 10.3. The van der Waals surface area contributed by atoms with Gasteiger partial charge in [-0.05, 0) is 68.4 Å². The number of rotatable bonds is 6. The van der Waals surface area contributed by atoms with Crippen LogP contribution >= 0.6 is 11.6 Å². The van der Waals surface area contributed by atoms with E-state index in [4.69, 9.17) is 11.6 Å². The van der Waals surface area contributed by atoms with Crippen molar-refractivity contribution in [3.8, 4) is 0 Å². The number of carbonyl (C=O) groups excluding carboxylic acids is 1. The molecule has 8 heteroatoms. The van der Waals surface area contributed by atoms with Gasteiger partial charge in [0, 0.05) is 33.8 Å². The number of nitrogens with one attached hydrogen (secondary N) is 4. The second kappa shape index (κ2) is 10.0. The molecular weight excluding hydrogens is 436 g/mol. The van der Waals surface area contributed by atoms with Crippen LogP contribution in [0.15, 0.2) is 78.9 Å². The maximum Gasteiger partial charge on any atom is 0.323 e. The molecule has 0 aliphatic carbocycles. The number of amides is 2. The van der Waals surface area contributed by atoms with E-state index in [1.807, 2.05) is 56.3 Å². The molecule has 4 N–H and O–H groups in total. The topological polar surface area (TPSA) is 91.0 Å². The number of aromatic nitrogens is 2. The molecule has 2 amide bonds. The SMILES string of the molecule is Cc1ccc(Nc2cc(Nc3ccc(NC(=O)Nc4cccc(Cl)c4)cc3)nc(C)n2)cc1. The fraction of sp³-hybridized carbons (Fsp3) is 0.0800. The van der Waals surface area contributed by atoms with Crippen molar-refractivity contribution in [1.82, 2.24) is 9.97 Å². The summed E-state index contributed by atoms with van der Waals surface area (Å²) in [5, 5.41) is 12.7. The van der Waals surface area contributed by atoms with Crippen molar-refractivity contribution < 1.29 is 4.79 Å². The maximum atomic E-state index is 12.2. The molecule has 0 fully saturated rings. The maximum absolute atomic E-state index is 12.2. The van der Waals surface area contributed by atoms with E-state index in [2.05, 4.69) is 31.2 Å². The second-order valence-electron chi connectivity index (χ2n) is 7.47. The van der Waals surface area contributed by atoms with Crippen LogP contribution in [0.25, 0.3) is 0 Å². The Balaban J connectivity index is 1.38. The molecule has 0 aliphatic rings. The fourth-order valence-corrected chi connectivity index (χ4v) is 3.32. The summed E-state index contributed by atoms with van der Waals surface area (Å²) in [6.07, 6.45) is 0. The molecule has 33 heavy (non-hydrogen) atoms. The molecule has 0 bridgehead atoms. The third kappa shape index (κ3) is 6.44. The van der Waals surface area contributed by atoms with Crippen molar-refractivity contribution in [1.29, 1.82) is 0 Å². The lowest BCUT2D eigenvalue weighted by Crippen LogP contribution is -2.19. The standard InChI is InChI=1S/C25H23ClN6O/c1-16-6-8-19(9-7-16)29-23-15-24(28-17(2)27-23)30-20-10-12-21(13-11-20)31-25(33)32-22-5-3-4-18(26)14-22/h3-15H,1-2H3,(H2,31,32,33)(H2,27,28,29,30). The first-order chi connectivity index (χ1) is 15.9. The summed E-state index contributed by atoms with van der Waals surface area (Å²) in [6, 6.07) is 23.9. The van der Waals surface area contributed by atoms with Gasteiger partial charge in [-0.25, -0.2) is 14.8 Å². The first-order valence-corrected chi connectivity index (χ1v) is 10.7. The predicted molar refractivity (Wildman–Crippen MR) is 135 cm³/mol. The zero-order chi connectivity index (χ0) is 23.2. The lowest BCUT2D eigenvalue weighted by Gasteiger charge is -2.12. The van der Waals surface area contributed by atoms with Gasteiger partial charge in [-0.15, -0.1) is 0 Å². The smallest absolute Gasteiger partial charge is 0.323 e. The number of hydrogen-bond acceptors (Lipinski definition) is 5. The van der Waals surface area contributed by atoms with Gasteiger partial charge >= 0.3 is 6.03 Å². The van der Waals surface area contributed by atoms with Crippen LogP contribution in [-0.4, -0.2) is 16.0 Å². The summed E-state index contributed by atoms with van der Waals surface area (Å²) in [6.45, 7) is 3.89. The monoisotopic (exact) mass is 458 g/mol. The molecule has 0 radical (unpaired) electrons. The lowest BCUT2D eigenvalue weighted by molar-refractivity contribution is 0.262. The van der Waals surface area contributed by atoms with Gasteiger partial charge in [-0.3, -0.25) is 0 Å². The van der Waals surface area contributed by atoms with Gasteiger partial charge in [-0.1, -0.05) is 35.4 Å². The van der Waals surface area contributed by atoms with Crippen LogP contribution in [0.3, 0.4) is 0 Å². The van der Waals surface area contributed by atoms with Gasteiger partial charge in [0.05, 0.1) is 0 Å². The minimum Gasteiger partial charge on any atom is -0.340 e. The van der Waals surface area contributed by atoms with E-state index in [-0.39, 0.29) is 6.03 Å². The Morgan fingerprint density at radius 3 is 1.85 bits per heavy atom. The molecule has 1 aromatic heterocycles. The Morgan fingerprint density at radius 2 is 1.24 bits per heavy atom. The van der Waals surface area contributed by atoms with Gasteiger partial charge in [0.15, 0.2) is 0 Å². The molecule has 0 atom stereocenters. The molecule has 1 heterocycles. The summed E-state index contributed by atoms with van der Waals surface area (Å²) < 4.78 is 0. The Morgan fingerprint density at radius 1 is 0.697 bits per heavy atom. The van der Waals surface area contributed by atoms with Gasteiger partial charge in [-0.2, -0.15) is 0 Å². The van der Waals surface area contributed by atoms with Crippen molar-refractivity contribution in [3.05, 3.63) is 95.3 Å². The highest BCUT2D eigenvalue weighted by molar-refractivity contribution is 6.30. The summed E-state index contributed by atoms with van der Waals surface area (Å²) in [5.41, 5.74) is 4.25. The number of carbonyl (C=O) groups is 1. The minimum absolute atomic E-state index is 0.351. The van der Waals surface area contributed by atoms with E-state index < -0.39 is 0 Å². The third-order valence-corrected chi connectivity index (χ3v) is 4.89. The Kier molecular flexibility index (Phi) is 6.71. The second-order valence-corrected chi connectivity index (χ2v) is 7.90. The van der Waals surface area contributed by atoms with Crippen LogP contribution in [0, 0.1) is 13.8 Å². The third-order valence-electron chi connectivity index (χ3n) is 4.66. The molecule has 4 rings (SSSR count). The molecule has 4 aromatic rings. The van der Waals surface area contributed by atoms with Crippen LogP contribution in [0.1, 0.15) is 11.4 Å². The van der Waals surface area contributed by atoms with Crippen LogP contribution in [0.4, 0.5) is 39.2 Å². The molecule has 0 saturated heterocycles. The van der Waals surface area contributed by atoms with Crippen LogP contribution in [0.2, 0.25) is 5.02 Å². The van der Waals surface area contributed by atoms with Crippen LogP contribution < -0.4 is 21.3 Å². The van der Waals surface area contributed by atoms with Crippen molar-refractivity contribution in [2.75, 3.05) is 21.3 Å². The predicted octanol–water partition coefficient (Wildman–Crippen LogP) is 6.88. The molecule has 0 saturated carbocycles. The van der Waals surface area contributed by atoms with Crippen LogP contribution in [0.5, 0.6) is 0 Å². The largest absolute Gasteiger partial charge is 0.340 e. The van der Waals surface area contributed by atoms with E-state index in [9.17, 15) is 4.79 Å². The van der Waals surface area contributed by atoms with E-state index in [0.29, 0.717) is 33.9 Å². The van der Waals surface area contributed by atoms with Gasteiger partial charge in [0.2, 0.25) is 0 Å². The molecular formula is C25H23ClN6O. The highest BCUT2D eigenvalue weighted by atomic mass is 35.5. The average molecular weight is 459 g/mol. The van der Waals surface area contributed by atoms with Crippen molar-refractivity contribution in [2.45, 2.75) is 13.8 Å². The first kappa shape index (κ1) is 22.1. The van der Waals surface area contributed by atoms with E-state index in [1.54, 1.807) is 36.4 Å². The van der Waals surface area contributed by atoms with Crippen molar-refractivity contribution in [3.63, 3.8) is 0 Å². The molecule has 3 aromatic carbocycles. The molecule has 166 valence electrons. The Bertz CT molecular complexity index is 1260. The Hall–Kier alpha value is -4.10. The summed E-state index contributed by atoms with van der Waals surface area (Å²) >= 11 is 5.95. The van der Waals surface area contributed by atoms with E-state index in [1.165, 1.54) is 5.56 Å². The molecule has 0 aliphatic heterocycles. The normalized spacial score (nSPS) is 10.4. The number of aryl methyl sites for hydroxylation is 2. The molecule has 0 unspecified atom stereocenters.